The lowest BCUT2D eigenvalue weighted by Gasteiger charge is -2.00. The average molecular weight is 239 g/mol. The summed E-state index contributed by atoms with van der Waals surface area (Å²) in [6.07, 6.45) is 0. The molecule has 0 fully saturated rings. The van der Waals surface area contributed by atoms with E-state index in [4.69, 9.17) is 17.3 Å². The Morgan fingerprint density at radius 1 is 1.47 bits per heavy atom. The van der Waals surface area contributed by atoms with E-state index in [0.29, 0.717) is 6.54 Å². The average Bonchev–Trinajstić information content (AvgIpc) is 2.70. The Bertz CT molecular complexity index is 479. The van der Waals surface area contributed by atoms with Crippen molar-refractivity contribution in [3.05, 3.63) is 39.2 Å². The number of rotatable bonds is 2. The lowest BCUT2D eigenvalue weighted by atomic mass is 10.1. The Hall–Kier alpha value is -0.900. The van der Waals surface area contributed by atoms with E-state index in [9.17, 15) is 0 Å². The first kappa shape index (κ1) is 10.6. The molecule has 0 aliphatic heterocycles. The maximum absolute atomic E-state index is 5.96. The number of benzene rings is 1. The highest BCUT2D eigenvalue weighted by Gasteiger charge is 2.04. The predicted molar refractivity (Wildman–Crippen MR) is 65.2 cm³/mol. The van der Waals surface area contributed by atoms with Crippen LogP contribution in [0, 0.1) is 6.92 Å². The number of aromatic nitrogens is 1. The molecule has 0 radical (unpaired) electrons. The van der Waals surface area contributed by atoms with Crippen molar-refractivity contribution >= 4 is 22.9 Å². The molecule has 15 heavy (non-hydrogen) atoms. The van der Waals surface area contributed by atoms with Crippen molar-refractivity contribution in [1.29, 1.82) is 0 Å². The fraction of sp³-hybridized carbons (Fsp3) is 0.182. The minimum Gasteiger partial charge on any atom is -0.325 e. The number of nitrogens with two attached hydrogens (primary N) is 1. The van der Waals surface area contributed by atoms with Crippen LogP contribution in [-0.4, -0.2) is 4.98 Å². The van der Waals surface area contributed by atoms with Gasteiger partial charge in [-0.05, 0) is 24.6 Å². The molecular weight excluding hydrogens is 228 g/mol. The molecule has 78 valence electrons. The Labute approximate surface area is 97.7 Å². The van der Waals surface area contributed by atoms with Gasteiger partial charge in [-0.15, -0.1) is 11.3 Å². The number of halogens is 1. The zero-order valence-corrected chi connectivity index (χ0v) is 9.90. The van der Waals surface area contributed by atoms with Crippen molar-refractivity contribution < 1.29 is 0 Å². The number of aryl methyl sites for hydroxylation is 1. The maximum Gasteiger partial charge on any atom is 0.107 e. The summed E-state index contributed by atoms with van der Waals surface area (Å²) in [5, 5.41) is 3.76. The van der Waals surface area contributed by atoms with Gasteiger partial charge in [0.2, 0.25) is 0 Å². The summed E-state index contributed by atoms with van der Waals surface area (Å²) in [6, 6.07) is 5.91. The highest BCUT2D eigenvalue weighted by atomic mass is 35.5. The van der Waals surface area contributed by atoms with Gasteiger partial charge in [-0.25, -0.2) is 4.98 Å². The molecule has 0 atom stereocenters. The number of thiazole rings is 1. The van der Waals surface area contributed by atoms with E-state index >= 15 is 0 Å². The number of hydrogen-bond donors (Lipinski definition) is 1. The zero-order chi connectivity index (χ0) is 10.8. The molecule has 1 aromatic carbocycles. The molecule has 2 rings (SSSR count). The SMILES string of the molecule is Cc1cc(-c2csc(CN)n2)ccc1Cl. The molecule has 0 bridgehead atoms. The van der Waals surface area contributed by atoms with Gasteiger partial charge in [-0.2, -0.15) is 0 Å². The van der Waals surface area contributed by atoms with Gasteiger partial charge < -0.3 is 5.73 Å². The van der Waals surface area contributed by atoms with Gasteiger partial charge in [0.15, 0.2) is 0 Å². The number of hydrogen-bond acceptors (Lipinski definition) is 3. The summed E-state index contributed by atoms with van der Waals surface area (Å²) >= 11 is 7.55. The molecule has 0 aliphatic rings. The van der Waals surface area contributed by atoms with Crippen molar-refractivity contribution in [3.63, 3.8) is 0 Å². The summed E-state index contributed by atoms with van der Waals surface area (Å²) in [5.74, 6) is 0. The minimum atomic E-state index is 0.497. The second-order valence-corrected chi connectivity index (χ2v) is 4.64. The van der Waals surface area contributed by atoms with E-state index in [1.54, 1.807) is 11.3 Å². The molecule has 2 N–H and O–H groups in total. The van der Waals surface area contributed by atoms with Gasteiger partial charge in [-0.3, -0.25) is 0 Å². The normalized spacial score (nSPS) is 10.6. The van der Waals surface area contributed by atoms with Crippen LogP contribution in [0.1, 0.15) is 10.6 Å². The summed E-state index contributed by atoms with van der Waals surface area (Å²) in [5.41, 5.74) is 8.65. The van der Waals surface area contributed by atoms with Crippen LogP contribution in [0.3, 0.4) is 0 Å². The van der Waals surface area contributed by atoms with E-state index < -0.39 is 0 Å². The monoisotopic (exact) mass is 238 g/mol. The molecular formula is C11H11ClN2S. The van der Waals surface area contributed by atoms with E-state index in [-0.39, 0.29) is 0 Å². The van der Waals surface area contributed by atoms with Crippen LogP contribution >= 0.6 is 22.9 Å². The fourth-order valence-corrected chi connectivity index (χ4v) is 2.14. The van der Waals surface area contributed by atoms with Crippen molar-refractivity contribution in [2.24, 2.45) is 5.73 Å². The molecule has 0 saturated carbocycles. The highest BCUT2D eigenvalue weighted by molar-refractivity contribution is 7.09. The van der Waals surface area contributed by atoms with Crippen molar-refractivity contribution in [3.8, 4) is 11.3 Å². The van der Waals surface area contributed by atoms with Gasteiger partial charge in [-0.1, -0.05) is 17.7 Å². The van der Waals surface area contributed by atoms with Crippen LogP contribution in [0.5, 0.6) is 0 Å². The summed E-state index contributed by atoms with van der Waals surface area (Å²) in [4.78, 5) is 4.42. The second kappa shape index (κ2) is 4.31. The zero-order valence-electron chi connectivity index (χ0n) is 8.33. The maximum atomic E-state index is 5.96. The third kappa shape index (κ3) is 2.20. The van der Waals surface area contributed by atoms with Crippen LogP contribution in [0.25, 0.3) is 11.3 Å². The first-order valence-corrected chi connectivity index (χ1v) is 5.87. The third-order valence-electron chi connectivity index (χ3n) is 2.18. The summed E-state index contributed by atoms with van der Waals surface area (Å²) < 4.78 is 0. The first-order chi connectivity index (χ1) is 7.20. The van der Waals surface area contributed by atoms with Crippen LogP contribution < -0.4 is 5.73 Å². The van der Waals surface area contributed by atoms with Gasteiger partial charge in [0, 0.05) is 22.5 Å². The van der Waals surface area contributed by atoms with Gasteiger partial charge in [0.1, 0.15) is 5.01 Å². The van der Waals surface area contributed by atoms with Crippen LogP contribution in [0.2, 0.25) is 5.02 Å². The topological polar surface area (TPSA) is 38.9 Å². The number of nitrogens with zero attached hydrogens (tertiary/aromatic N) is 1. The third-order valence-corrected chi connectivity index (χ3v) is 3.48. The predicted octanol–water partition coefficient (Wildman–Crippen LogP) is 3.23. The molecule has 0 unspecified atom stereocenters. The van der Waals surface area contributed by atoms with Crippen molar-refractivity contribution in [2.75, 3.05) is 0 Å². The second-order valence-electron chi connectivity index (χ2n) is 3.29. The van der Waals surface area contributed by atoms with Gasteiger partial charge >= 0.3 is 0 Å². The quantitative estimate of drug-likeness (QED) is 0.873. The molecule has 0 aliphatic carbocycles. The highest BCUT2D eigenvalue weighted by Crippen LogP contribution is 2.25. The Balaban J connectivity index is 2.40. The lowest BCUT2D eigenvalue weighted by Crippen LogP contribution is -1.94. The van der Waals surface area contributed by atoms with E-state index in [1.165, 1.54) is 0 Å². The van der Waals surface area contributed by atoms with E-state index in [1.807, 2.05) is 30.5 Å². The molecule has 0 saturated heterocycles. The van der Waals surface area contributed by atoms with E-state index in [0.717, 1.165) is 26.9 Å². The van der Waals surface area contributed by atoms with Gasteiger partial charge in [0.25, 0.3) is 0 Å². The lowest BCUT2D eigenvalue weighted by molar-refractivity contribution is 1.04. The summed E-state index contributed by atoms with van der Waals surface area (Å²) in [7, 11) is 0. The molecule has 2 aromatic rings. The Morgan fingerprint density at radius 2 is 2.27 bits per heavy atom. The minimum absolute atomic E-state index is 0.497. The standard InChI is InChI=1S/C11H11ClN2S/c1-7-4-8(2-3-9(7)12)10-6-15-11(5-13)14-10/h2-4,6H,5,13H2,1H3. The Kier molecular flexibility index (Phi) is 3.05. The molecule has 2 nitrogen and oxygen atoms in total. The smallest absolute Gasteiger partial charge is 0.107 e. The van der Waals surface area contributed by atoms with Crippen LogP contribution in [0.4, 0.5) is 0 Å². The van der Waals surface area contributed by atoms with Crippen molar-refractivity contribution in [2.45, 2.75) is 13.5 Å². The summed E-state index contributed by atoms with van der Waals surface area (Å²) in [6.45, 7) is 2.49. The largest absolute Gasteiger partial charge is 0.325 e. The van der Waals surface area contributed by atoms with Crippen LogP contribution in [-0.2, 0) is 6.54 Å². The fourth-order valence-electron chi connectivity index (χ4n) is 1.34. The van der Waals surface area contributed by atoms with Crippen LogP contribution in [0.15, 0.2) is 23.6 Å². The van der Waals surface area contributed by atoms with E-state index in [2.05, 4.69) is 4.98 Å². The molecule has 4 heteroatoms. The molecule has 0 amide bonds. The first-order valence-electron chi connectivity index (χ1n) is 4.61. The Morgan fingerprint density at radius 3 is 2.87 bits per heavy atom. The molecule has 0 spiro atoms. The van der Waals surface area contributed by atoms with Gasteiger partial charge in [0.05, 0.1) is 5.69 Å². The molecule has 1 heterocycles. The molecule has 1 aromatic heterocycles. The van der Waals surface area contributed by atoms with Crippen molar-refractivity contribution in [1.82, 2.24) is 4.98 Å².